The molecule has 4 N–H and O–H groups in total. The van der Waals surface area contributed by atoms with Gasteiger partial charge < -0.3 is 49.5 Å². The summed E-state index contributed by atoms with van der Waals surface area (Å²) in [5, 5.41) is 42.9. The average molecular weight is 957 g/mol. The zero-order valence-electron chi connectivity index (χ0n) is 40.5. The van der Waals surface area contributed by atoms with E-state index >= 15 is 0 Å². The minimum absolute atomic E-state index is 0.00487. The van der Waals surface area contributed by atoms with Crippen LogP contribution < -0.4 is 5.32 Å². The maximum absolute atomic E-state index is 14.2. The Balaban J connectivity index is 0.774. The van der Waals surface area contributed by atoms with Gasteiger partial charge in [-0.3, -0.25) is 19.3 Å². The Morgan fingerprint density at radius 2 is 1.70 bits per heavy atom. The molecule has 0 radical (unpaired) electrons. The summed E-state index contributed by atoms with van der Waals surface area (Å²) in [7, 11) is 1.68. The fraction of sp³-hybridized carbons (Fsp3) is 0.423. The average Bonchev–Trinajstić information content (AvgIpc) is 3.86. The molecule has 0 spiro atoms. The highest BCUT2D eigenvalue weighted by molar-refractivity contribution is 6.16. The van der Waals surface area contributed by atoms with Crippen molar-refractivity contribution in [2.45, 2.75) is 84.7 Å². The second-order valence-corrected chi connectivity index (χ2v) is 18.8. The number of ketones is 1. The number of Topliss-reactive ketones (excluding diaryl/α,β-unsaturated/α-hetero) is 1. The van der Waals surface area contributed by atoms with Gasteiger partial charge in [0.25, 0.3) is 12.2 Å². The number of amides is 2. The van der Waals surface area contributed by atoms with Gasteiger partial charge in [-0.25, -0.2) is 9.36 Å². The number of hydrogen-bond donors (Lipinski definition) is 4. The number of aromatic nitrogens is 3. The molecule has 18 nitrogen and oxygen atoms in total. The summed E-state index contributed by atoms with van der Waals surface area (Å²) in [6, 6.07) is 14.0. The van der Waals surface area contributed by atoms with Crippen molar-refractivity contribution in [2.24, 2.45) is 0 Å². The summed E-state index contributed by atoms with van der Waals surface area (Å²) >= 11 is 0. The van der Waals surface area contributed by atoms with E-state index in [-0.39, 0.29) is 60.5 Å². The van der Waals surface area contributed by atoms with E-state index < -0.39 is 24.0 Å². The molecule has 0 aliphatic carbocycles. The topological polar surface area (TPSA) is 212 Å². The van der Waals surface area contributed by atoms with Crippen molar-refractivity contribution in [1.29, 1.82) is 0 Å². The predicted octanol–water partition coefficient (Wildman–Crippen LogP) is 6.76. The maximum Gasteiger partial charge on any atom is 0.410 e. The number of hydrogen-bond acceptors (Lipinski definition) is 15. The molecule has 1 aromatic heterocycles. The number of allylic oxidation sites excluding steroid dienone is 2. The van der Waals surface area contributed by atoms with Crippen LogP contribution in [0.3, 0.4) is 0 Å². The van der Waals surface area contributed by atoms with Crippen LogP contribution in [0.25, 0.3) is 22.8 Å². The monoisotopic (exact) mass is 956 g/mol. The number of benzene rings is 3. The fourth-order valence-electron chi connectivity index (χ4n) is 10.2. The van der Waals surface area contributed by atoms with Gasteiger partial charge in [0.15, 0.2) is 11.6 Å². The summed E-state index contributed by atoms with van der Waals surface area (Å²) < 4.78 is 19.0. The summed E-state index contributed by atoms with van der Waals surface area (Å²) in [5.41, 5.74) is 5.54. The fourth-order valence-corrected chi connectivity index (χ4v) is 10.2. The Morgan fingerprint density at radius 3 is 2.40 bits per heavy atom. The number of nitrogens with one attached hydrogen (secondary N) is 1. The van der Waals surface area contributed by atoms with Gasteiger partial charge >= 0.3 is 18.1 Å². The van der Waals surface area contributed by atoms with Crippen molar-refractivity contribution in [2.75, 3.05) is 64.7 Å². The van der Waals surface area contributed by atoms with Gasteiger partial charge in [0.05, 0.1) is 41.3 Å². The Labute approximate surface area is 406 Å². The first kappa shape index (κ1) is 47.9. The van der Waals surface area contributed by atoms with Crippen LogP contribution in [-0.2, 0) is 35.9 Å². The lowest BCUT2D eigenvalue weighted by molar-refractivity contribution is -0.161. The Bertz CT molecular complexity index is 2840. The molecule has 5 aliphatic rings. The summed E-state index contributed by atoms with van der Waals surface area (Å²) in [6.07, 6.45) is 4.51. The van der Waals surface area contributed by atoms with Crippen molar-refractivity contribution < 1.29 is 48.7 Å². The molecule has 1 saturated heterocycles. The number of nitrogens with zero attached hydrogens (tertiary/aromatic N) is 7. The SMILES string of the molecule is CCC1=C2CN3C(=O)c4c(ccc5c4NCC(=O)C5(CC)OC(=O)N(C)CCCCN4CCN(Cc5ccc(-n6c(O)nnc6-c6cc(C(C)C)c(O)cc6O)cc5)CC4)C3=CC2=CC(OC(C)=O)O1. The Hall–Kier alpha value is -7.18. The third kappa shape index (κ3) is 8.85. The standard InChI is InChI=1S/C52H60N8O10/c1-7-43-38-29-59-40(23-33(38)24-45(69-43)68-31(5)61)35-15-16-39-47(46(35)49(59)65)53-27-44(64)52(39,8-2)70-51(67)56(6)17-9-10-18-57-19-21-58(22-20-57)28-32-11-13-34(14-12-32)60-48(54-55-50(60)66)37-25-36(30(3)4)41(62)26-42(37)63/h11-16,23-26,30,45,53,62-63H,7-10,17-22,27-29H2,1-6H3,(H,55,66). The number of carbonyl (C=O) groups is 4. The van der Waals surface area contributed by atoms with E-state index in [4.69, 9.17) is 14.2 Å². The number of aromatic hydroxyl groups is 3. The summed E-state index contributed by atoms with van der Waals surface area (Å²) in [4.78, 5) is 61.6. The molecule has 1 fully saturated rings. The van der Waals surface area contributed by atoms with Crippen LogP contribution in [0, 0.1) is 0 Å². The third-order valence-electron chi connectivity index (χ3n) is 14.0. The van der Waals surface area contributed by atoms with Crippen molar-refractivity contribution in [3.63, 3.8) is 0 Å². The number of ether oxygens (including phenoxy) is 3. The molecular formula is C52H60N8O10. The molecule has 0 saturated carbocycles. The van der Waals surface area contributed by atoms with Crippen molar-refractivity contribution in [3.8, 4) is 34.6 Å². The first-order valence-corrected chi connectivity index (χ1v) is 24.1. The number of carbonyl (C=O) groups excluding carboxylic acids is 4. The Morgan fingerprint density at radius 1 is 0.957 bits per heavy atom. The highest BCUT2D eigenvalue weighted by Crippen LogP contribution is 2.49. The maximum atomic E-state index is 14.2. The molecule has 70 heavy (non-hydrogen) atoms. The van der Waals surface area contributed by atoms with Gasteiger partial charge in [-0.2, -0.15) is 0 Å². The second kappa shape index (κ2) is 19.3. The lowest BCUT2D eigenvalue weighted by Gasteiger charge is -2.38. The van der Waals surface area contributed by atoms with Crippen LogP contribution in [0.1, 0.15) is 98.8 Å². The third-order valence-corrected chi connectivity index (χ3v) is 14.0. The normalized spacial score (nSPS) is 19.9. The number of phenolic OH excluding ortho intramolecular Hbond substituents is 2. The number of rotatable bonds is 14. The van der Waals surface area contributed by atoms with Gasteiger partial charge in [-0.05, 0) is 72.7 Å². The molecule has 2 unspecified atom stereocenters. The molecule has 9 rings (SSSR count). The molecule has 5 aliphatic heterocycles. The largest absolute Gasteiger partial charge is 0.508 e. The summed E-state index contributed by atoms with van der Waals surface area (Å²) in [5.74, 6) is -0.273. The van der Waals surface area contributed by atoms with E-state index in [1.807, 2.05) is 64.1 Å². The van der Waals surface area contributed by atoms with Crippen molar-refractivity contribution in [3.05, 3.63) is 105 Å². The quantitative estimate of drug-likeness (QED) is 0.0760. The molecule has 3 aromatic carbocycles. The van der Waals surface area contributed by atoms with Crippen LogP contribution >= 0.6 is 0 Å². The van der Waals surface area contributed by atoms with Crippen LogP contribution in [0.2, 0.25) is 0 Å². The van der Waals surface area contributed by atoms with Crippen molar-refractivity contribution in [1.82, 2.24) is 34.4 Å². The lowest BCUT2D eigenvalue weighted by atomic mass is 9.80. The van der Waals surface area contributed by atoms with Crippen LogP contribution in [-0.4, -0.2) is 139 Å². The van der Waals surface area contributed by atoms with E-state index in [1.54, 1.807) is 30.2 Å². The number of anilines is 1. The Kier molecular flexibility index (Phi) is 13.2. The van der Waals surface area contributed by atoms with E-state index in [9.17, 15) is 34.5 Å². The van der Waals surface area contributed by atoms with Gasteiger partial charge in [-0.1, -0.05) is 57.1 Å². The highest BCUT2D eigenvalue weighted by Gasteiger charge is 2.50. The van der Waals surface area contributed by atoms with E-state index in [0.717, 1.165) is 68.8 Å². The van der Waals surface area contributed by atoms with E-state index in [2.05, 4.69) is 25.3 Å². The molecule has 2 amide bonds. The number of esters is 1. The predicted molar refractivity (Wildman–Crippen MR) is 259 cm³/mol. The van der Waals surface area contributed by atoms with E-state index in [1.165, 1.54) is 22.5 Å². The minimum Gasteiger partial charge on any atom is -0.508 e. The first-order chi connectivity index (χ1) is 33.6. The van der Waals surface area contributed by atoms with Crippen molar-refractivity contribution >= 4 is 35.1 Å². The molecule has 18 heteroatoms. The lowest BCUT2D eigenvalue weighted by Crippen LogP contribution is -2.49. The second-order valence-electron chi connectivity index (χ2n) is 18.8. The molecule has 2 atom stereocenters. The highest BCUT2D eigenvalue weighted by atomic mass is 16.7. The molecule has 4 aromatic rings. The van der Waals surface area contributed by atoms with Gasteiger partial charge in [0.2, 0.25) is 5.60 Å². The summed E-state index contributed by atoms with van der Waals surface area (Å²) in [6.45, 7) is 14.8. The number of unbranched alkanes of at least 4 members (excludes halogenated alkanes) is 1. The van der Waals surface area contributed by atoms with Crippen LogP contribution in [0.15, 0.2) is 77.6 Å². The van der Waals surface area contributed by atoms with E-state index in [0.29, 0.717) is 63.6 Å². The number of fused-ring (bicyclic) bond motifs is 6. The zero-order valence-corrected chi connectivity index (χ0v) is 40.5. The van der Waals surface area contributed by atoms with Gasteiger partial charge in [0.1, 0.15) is 17.3 Å². The molecule has 368 valence electrons. The molecule has 6 heterocycles. The van der Waals surface area contributed by atoms with Gasteiger partial charge in [-0.15, -0.1) is 5.10 Å². The molecular weight excluding hydrogens is 897 g/mol. The molecule has 0 bridgehead atoms. The first-order valence-electron chi connectivity index (χ1n) is 24.1. The zero-order chi connectivity index (χ0) is 49.6. The van der Waals surface area contributed by atoms with Crippen LogP contribution in [0.4, 0.5) is 10.5 Å². The van der Waals surface area contributed by atoms with Crippen LogP contribution in [0.5, 0.6) is 17.5 Å². The van der Waals surface area contributed by atoms with Gasteiger partial charge in [0, 0.05) is 88.5 Å². The number of piperazine rings is 1. The number of phenols is 2. The minimum atomic E-state index is -1.58. The smallest absolute Gasteiger partial charge is 0.410 e.